The van der Waals surface area contributed by atoms with E-state index in [4.69, 9.17) is 18.9 Å². The summed E-state index contributed by atoms with van der Waals surface area (Å²) in [7, 11) is 5.87. The number of hydrogen-bond acceptors (Lipinski definition) is 13. The van der Waals surface area contributed by atoms with E-state index in [1.54, 1.807) is 18.2 Å². The van der Waals surface area contributed by atoms with Crippen molar-refractivity contribution >= 4 is 21.6 Å². The quantitative estimate of drug-likeness (QED) is 0.0758. The number of ether oxygens (including phenoxy) is 4. The number of phenolic OH excluding ortho intramolecular Hbond substituents is 2. The Morgan fingerprint density at radius 2 is 1.70 bits per heavy atom. The summed E-state index contributed by atoms with van der Waals surface area (Å²) in [5, 5.41) is 68.7. The Hall–Kier alpha value is -2.54. The van der Waals surface area contributed by atoms with Gasteiger partial charge in [0.15, 0.2) is 23.0 Å². The van der Waals surface area contributed by atoms with Crippen molar-refractivity contribution in [3.63, 3.8) is 0 Å². The van der Waals surface area contributed by atoms with Crippen LogP contribution >= 0.6 is 21.6 Å². The molecule has 2 aromatic carbocycles. The molecule has 0 radical (unpaired) electrons. The first-order valence-electron chi connectivity index (χ1n) is 20.2. The number of benzene rings is 2. The van der Waals surface area contributed by atoms with Crippen molar-refractivity contribution in [2.45, 2.75) is 108 Å². The van der Waals surface area contributed by atoms with Gasteiger partial charge in [0.05, 0.1) is 38.6 Å². The fourth-order valence-electron chi connectivity index (χ4n) is 8.68. The largest absolute Gasteiger partial charge is 0.504 e. The van der Waals surface area contributed by atoms with Crippen LogP contribution in [0.25, 0.3) is 0 Å². The SMILES string of the molecule is COc1cc(CC2C(O)CSSC(CCO)c3cc(O)c(OC4CCC5CNCCC#CC(CC(C)C)C5C4)cc3CCC(OCO)CC2O)cc(OC)c1O. The number of hydrogen-bond donors (Lipinski definition) is 7. The van der Waals surface area contributed by atoms with Crippen LogP contribution in [0.2, 0.25) is 0 Å². The zero-order valence-corrected chi connectivity index (χ0v) is 35.0. The molecular weight excluding hydrogens is 755 g/mol. The van der Waals surface area contributed by atoms with Crippen LogP contribution in [0.3, 0.4) is 0 Å². The highest BCUT2D eigenvalue weighted by Crippen LogP contribution is 2.47. The van der Waals surface area contributed by atoms with Crippen molar-refractivity contribution in [1.82, 2.24) is 5.32 Å². The molecule has 0 amide bonds. The average Bonchev–Trinajstić information content (AvgIpc) is 3.27. The van der Waals surface area contributed by atoms with Crippen LogP contribution in [0.15, 0.2) is 24.3 Å². The lowest BCUT2D eigenvalue weighted by atomic mass is 9.69. The minimum atomic E-state index is -1.00. The Morgan fingerprint density at radius 3 is 2.39 bits per heavy atom. The van der Waals surface area contributed by atoms with Crippen LogP contribution in [0.4, 0.5) is 0 Å². The van der Waals surface area contributed by atoms with Gasteiger partial charge in [-0.1, -0.05) is 41.4 Å². The Balaban J connectivity index is 1.40. The Labute approximate surface area is 340 Å². The number of aliphatic hydroxyl groups excluding tert-OH is 4. The molecule has 5 rings (SSSR count). The minimum absolute atomic E-state index is 0.0526. The number of nitrogens with one attached hydrogen (secondary N) is 1. The second kappa shape index (κ2) is 22.0. The fraction of sp³-hybridized carbons (Fsp3) is 0.674. The summed E-state index contributed by atoms with van der Waals surface area (Å²) in [4.78, 5) is 0. The molecule has 56 heavy (non-hydrogen) atoms. The van der Waals surface area contributed by atoms with E-state index in [0.29, 0.717) is 54.2 Å². The number of phenols is 2. The Kier molecular flexibility index (Phi) is 17.5. The summed E-state index contributed by atoms with van der Waals surface area (Å²) in [5.41, 5.74) is 2.51. The lowest BCUT2D eigenvalue weighted by Gasteiger charge is -2.39. The molecule has 2 aromatic rings. The molecule has 9 unspecified atom stereocenters. The molecule has 7 N–H and O–H groups in total. The van der Waals surface area contributed by atoms with Gasteiger partial charge >= 0.3 is 0 Å². The summed E-state index contributed by atoms with van der Waals surface area (Å²) in [6, 6.07) is 7.03. The van der Waals surface area contributed by atoms with Crippen LogP contribution in [0, 0.1) is 41.4 Å². The van der Waals surface area contributed by atoms with Gasteiger partial charge in [0.25, 0.3) is 0 Å². The molecule has 0 aromatic heterocycles. The van der Waals surface area contributed by atoms with Gasteiger partial charge in [0.1, 0.15) is 6.79 Å². The van der Waals surface area contributed by atoms with Gasteiger partial charge < -0.3 is 54.9 Å². The number of fused-ring (bicyclic) bond motifs is 2. The summed E-state index contributed by atoms with van der Waals surface area (Å²) in [5.74, 6) is 9.26. The molecule has 3 aliphatic rings. The number of aromatic hydroxyl groups is 2. The smallest absolute Gasteiger partial charge is 0.200 e. The third-order valence-electron chi connectivity index (χ3n) is 11.6. The van der Waals surface area contributed by atoms with E-state index < -0.39 is 31.0 Å². The molecule has 0 spiro atoms. The topological polar surface area (TPSA) is 170 Å². The number of aryl methyl sites for hydroxylation is 1. The summed E-state index contributed by atoms with van der Waals surface area (Å²) in [6.07, 6.45) is 3.91. The molecule has 1 saturated carbocycles. The van der Waals surface area contributed by atoms with Crippen molar-refractivity contribution in [2.75, 3.05) is 46.5 Å². The first-order valence-corrected chi connectivity index (χ1v) is 22.6. The van der Waals surface area contributed by atoms with Crippen LogP contribution < -0.4 is 19.5 Å². The Morgan fingerprint density at radius 1 is 0.929 bits per heavy atom. The molecule has 9 atom stereocenters. The highest BCUT2D eigenvalue weighted by Gasteiger charge is 2.37. The van der Waals surface area contributed by atoms with Gasteiger partial charge in [0.2, 0.25) is 5.75 Å². The molecule has 0 bridgehead atoms. The zero-order chi connectivity index (χ0) is 40.2. The van der Waals surface area contributed by atoms with Gasteiger partial charge in [-0.2, -0.15) is 0 Å². The van der Waals surface area contributed by atoms with Crippen molar-refractivity contribution < 1.29 is 49.6 Å². The molecule has 1 aliphatic carbocycles. The van der Waals surface area contributed by atoms with E-state index >= 15 is 0 Å². The standard InChI is InChI=1S/C43H63NO10S2/c1-26(2)15-28-7-5-6-13-44-23-30-9-11-32(20-33(28)30)54-39-19-29-8-10-31(53-25-46)21-36(47)35(16-27-17-40(51-3)43(50)41(18-27)52-4)38(49)24-55-56-42(12-14-45)34(29)22-37(39)48/h17-19,22,26,28,30-33,35-36,38,42,44-50H,6,8-16,20-21,23-25H2,1-4H3. The van der Waals surface area contributed by atoms with E-state index in [0.717, 1.165) is 56.3 Å². The normalized spacial score (nSPS) is 29.1. The predicted octanol–water partition coefficient (Wildman–Crippen LogP) is 5.99. The lowest BCUT2D eigenvalue weighted by molar-refractivity contribution is -0.0808. The average molecular weight is 818 g/mol. The molecule has 11 nitrogen and oxygen atoms in total. The molecular formula is C43H63NO10S2. The van der Waals surface area contributed by atoms with Crippen LogP contribution in [-0.2, 0) is 17.6 Å². The first kappa shape index (κ1) is 44.6. The highest BCUT2D eigenvalue weighted by atomic mass is 33.1. The van der Waals surface area contributed by atoms with Crippen LogP contribution in [-0.4, -0.2) is 102 Å². The number of aliphatic hydroxyl groups is 4. The molecule has 13 heteroatoms. The summed E-state index contributed by atoms with van der Waals surface area (Å²) >= 11 is 0. The van der Waals surface area contributed by atoms with Crippen LogP contribution in [0.5, 0.6) is 28.7 Å². The van der Waals surface area contributed by atoms with E-state index in [1.807, 2.05) is 6.07 Å². The first-order chi connectivity index (χ1) is 27.0. The maximum atomic E-state index is 11.7. The highest BCUT2D eigenvalue weighted by molar-refractivity contribution is 8.76. The molecule has 2 heterocycles. The van der Waals surface area contributed by atoms with Crippen molar-refractivity contribution in [1.29, 1.82) is 0 Å². The lowest BCUT2D eigenvalue weighted by Crippen LogP contribution is -2.40. The van der Waals surface area contributed by atoms with E-state index in [9.17, 15) is 30.6 Å². The van der Waals surface area contributed by atoms with Gasteiger partial charge in [-0.05, 0) is 123 Å². The maximum absolute atomic E-state index is 11.7. The monoisotopic (exact) mass is 817 g/mol. The summed E-state index contributed by atoms with van der Waals surface area (Å²) < 4.78 is 23.2. The van der Waals surface area contributed by atoms with Gasteiger partial charge in [-0.25, -0.2) is 0 Å². The molecule has 1 fully saturated rings. The molecule has 2 aliphatic heterocycles. The van der Waals surface area contributed by atoms with E-state index in [2.05, 4.69) is 31.0 Å². The van der Waals surface area contributed by atoms with Crippen molar-refractivity contribution in [2.24, 2.45) is 29.6 Å². The predicted molar refractivity (Wildman–Crippen MR) is 221 cm³/mol. The zero-order valence-electron chi connectivity index (χ0n) is 33.3. The maximum Gasteiger partial charge on any atom is 0.200 e. The number of rotatable bonds is 12. The van der Waals surface area contributed by atoms with E-state index in [-0.39, 0.29) is 59.6 Å². The molecule has 312 valence electrons. The number of methoxy groups -OCH3 is 2. The molecule has 0 saturated heterocycles. The fourth-order valence-corrected chi connectivity index (χ4v) is 11.6. The van der Waals surface area contributed by atoms with Crippen LogP contribution in [0.1, 0.15) is 87.2 Å². The second-order valence-electron chi connectivity index (χ2n) is 15.9. The second-order valence-corrected chi connectivity index (χ2v) is 18.5. The minimum Gasteiger partial charge on any atom is -0.504 e. The van der Waals surface area contributed by atoms with Gasteiger partial charge in [-0.3, -0.25) is 0 Å². The summed E-state index contributed by atoms with van der Waals surface area (Å²) in [6.45, 7) is 5.81. The third-order valence-corrected chi connectivity index (χ3v) is 14.4. The van der Waals surface area contributed by atoms with E-state index in [1.165, 1.54) is 35.8 Å². The van der Waals surface area contributed by atoms with Crippen molar-refractivity contribution in [3.8, 4) is 40.6 Å². The Bertz CT molecular complexity index is 1580. The third kappa shape index (κ3) is 12.0. The van der Waals surface area contributed by atoms with Crippen molar-refractivity contribution in [3.05, 3.63) is 41.0 Å². The van der Waals surface area contributed by atoms with Gasteiger partial charge in [-0.15, -0.1) is 5.92 Å². The van der Waals surface area contributed by atoms with Gasteiger partial charge in [0, 0.05) is 42.4 Å².